The van der Waals surface area contributed by atoms with Gasteiger partial charge in [-0.25, -0.2) is 9.50 Å². The van der Waals surface area contributed by atoms with Crippen LogP contribution in [0.15, 0.2) is 67.0 Å². The van der Waals surface area contributed by atoms with Crippen molar-refractivity contribution in [1.82, 2.24) is 24.4 Å². The molecule has 2 aromatic carbocycles. The Bertz CT molecular complexity index is 1760. The van der Waals surface area contributed by atoms with Crippen molar-refractivity contribution in [3.8, 4) is 17.0 Å². The molecule has 8 nitrogen and oxygen atoms in total. The third kappa shape index (κ3) is 5.82. The number of halogens is 7. The summed E-state index contributed by atoms with van der Waals surface area (Å²) in [5.74, 6) is -0.554. The molecule has 5 rings (SSSR count). The lowest BCUT2D eigenvalue weighted by Crippen LogP contribution is -2.15. The Morgan fingerprint density at radius 1 is 1.02 bits per heavy atom. The maximum atomic E-state index is 14.0. The van der Waals surface area contributed by atoms with Gasteiger partial charge >= 0.3 is 12.4 Å². The van der Waals surface area contributed by atoms with Crippen LogP contribution in [0, 0.1) is 0 Å². The van der Waals surface area contributed by atoms with Crippen LogP contribution in [0.2, 0.25) is 5.02 Å². The van der Waals surface area contributed by atoms with E-state index in [9.17, 15) is 31.1 Å². The number of carbonyl (C=O) groups excluding carboxylic acids is 1. The Kier molecular flexibility index (Phi) is 7.11. The number of nitrogens with one attached hydrogen (secondary N) is 1. The average molecular weight is 595 g/mol. The lowest BCUT2D eigenvalue weighted by molar-refractivity contribution is -0.142. The molecule has 0 saturated carbocycles. The van der Waals surface area contributed by atoms with Crippen molar-refractivity contribution >= 4 is 28.8 Å². The normalized spacial score (nSPS) is 12.1. The zero-order valence-corrected chi connectivity index (χ0v) is 21.5. The number of methoxy groups -OCH3 is 1. The van der Waals surface area contributed by atoms with Crippen LogP contribution in [0.3, 0.4) is 0 Å². The van der Waals surface area contributed by atoms with Gasteiger partial charge in [0.15, 0.2) is 17.0 Å². The van der Waals surface area contributed by atoms with E-state index in [2.05, 4.69) is 20.5 Å². The zero-order chi connectivity index (χ0) is 29.5. The third-order valence-corrected chi connectivity index (χ3v) is 6.24. The number of ether oxygens (including phenoxy) is 1. The van der Waals surface area contributed by atoms with E-state index in [-0.39, 0.29) is 17.9 Å². The average Bonchev–Trinajstić information content (AvgIpc) is 3.50. The van der Waals surface area contributed by atoms with Gasteiger partial charge < -0.3 is 10.1 Å². The quantitative estimate of drug-likeness (QED) is 0.224. The predicted molar refractivity (Wildman–Crippen MR) is 136 cm³/mol. The SMILES string of the molecule is COc1cccc(-c2cc(C(F)(F)F)n3nc(C(=O)Nc4cnn(Cc5cccc(C(F)(F)F)c5)c4)c(Cl)c3n2)c1. The minimum Gasteiger partial charge on any atom is -0.497 e. The highest BCUT2D eigenvalue weighted by Crippen LogP contribution is 2.35. The van der Waals surface area contributed by atoms with E-state index in [4.69, 9.17) is 16.3 Å². The number of rotatable bonds is 6. The van der Waals surface area contributed by atoms with Gasteiger partial charge in [-0.3, -0.25) is 9.48 Å². The molecule has 0 aliphatic carbocycles. The van der Waals surface area contributed by atoms with Crippen LogP contribution < -0.4 is 10.1 Å². The number of hydrogen-bond donors (Lipinski definition) is 1. The van der Waals surface area contributed by atoms with E-state index >= 15 is 0 Å². The van der Waals surface area contributed by atoms with Crippen LogP contribution in [-0.2, 0) is 18.9 Å². The van der Waals surface area contributed by atoms with E-state index in [0.29, 0.717) is 21.4 Å². The summed E-state index contributed by atoms with van der Waals surface area (Å²) in [6.45, 7) is -0.0409. The Hall–Kier alpha value is -4.59. The first kappa shape index (κ1) is 28.0. The first-order valence-corrected chi connectivity index (χ1v) is 12.0. The van der Waals surface area contributed by atoms with E-state index < -0.39 is 45.9 Å². The predicted octanol–water partition coefficient (Wildman–Crippen LogP) is 6.59. The Morgan fingerprint density at radius 2 is 1.78 bits per heavy atom. The van der Waals surface area contributed by atoms with Crippen molar-refractivity contribution < 1.29 is 35.9 Å². The van der Waals surface area contributed by atoms with Gasteiger partial charge in [-0.2, -0.15) is 36.5 Å². The van der Waals surface area contributed by atoms with Gasteiger partial charge in [0, 0.05) is 11.8 Å². The van der Waals surface area contributed by atoms with Gasteiger partial charge in [0.05, 0.1) is 36.8 Å². The maximum absolute atomic E-state index is 14.0. The molecule has 3 heterocycles. The molecule has 15 heteroatoms. The van der Waals surface area contributed by atoms with Gasteiger partial charge in [0.2, 0.25) is 0 Å². The number of amides is 1. The number of hydrogen-bond acceptors (Lipinski definition) is 5. The molecule has 1 amide bonds. The first-order chi connectivity index (χ1) is 19.3. The van der Waals surface area contributed by atoms with Crippen molar-refractivity contribution in [2.45, 2.75) is 18.9 Å². The minimum atomic E-state index is -4.87. The molecule has 0 atom stereocenters. The van der Waals surface area contributed by atoms with Crippen molar-refractivity contribution in [1.29, 1.82) is 0 Å². The number of fused-ring (bicyclic) bond motifs is 1. The van der Waals surface area contributed by atoms with Crippen molar-refractivity contribution in [3.63, 3.8) is 0 Å². The Labute approximate surface area is 232 Å². The molecule has 0 fully saturated rings. The summed E-state index contributed by atoms with van der Waals surface area (Å²) < 4.78 is 87.8. The lowest BCUT2D eigenvalue weighted by Gasteiger charge is -2.11. The molecule has 0 bridgehead atoms. The summed E-state index contributed by atoms with van der Waals surface area (Å²) in [6.07, 6.45) is -6.83. The summed E-state index contributed by atoms with van der Waals surface area (Å²) in [4.78, 5) is 17.2. The van der Waals surface area contributed by atoms with E-state index in [1.165, 1.54) is 48.5 Å². The number of alkyl halides is 6. The van der Waals surface area contributed by atoms with Crippen molar-refractivity contribution in [2.75, 3.05) is 12.4 Å². The van der Waals surface area contributed by atoms with Crippen LogP contribution in [0.4, 0.5) is 32.0 Å². The summed E-state index contributed by atoms with van der Waals surface area (Å²) in [5.41, 5.74) is -2.31. The molecule has 41 heavy (non-hydrogen) atoms. The van der Waals surface area contributed by atoms with E-state index in [0.717, 1.165) is 18.2 Å². The van der Waals surface area contributed by atoms with Gasteiger partial charge in [0.1, 0.15) is 10.8 Å². The fourth-order valence-electron chi connectivity index (χ4n) is 4.01. The summed E-state index contributed by atoms with van der Waals surface area (Å²) in [7, 11) is 1.41. The smallest absolute Gasteiger partial charge is 0.433 e. The van der Waals surface area contributed by atoms with Crippen LogP contribution in [0.1, 0.15) is 27.3 Å². The molecule has 0 aliphatic heterocycles. The standard InChI is InChI=1S/C26H17ClF6N6O2/c1-41-18-7-3-5-15(9-18)19-10-20(26(31,32)33)39-23(36-19)21(27)22(37-39)24(40)35-17-11-34-38(13-17)12-14-4-2-6-16(8-14)25(28,29)30/h2-11,13H,12H2,1H3,(H,35,40). The molecular weight excluding hydrogens is 578 g/mol. The number of nitrogens with zero attached hydrogens (tertiary/aromatic N) is 5. The number of carbonyl (C=O) groups is 1. The van der Waals surface area contributed by atoms with Crippen LogP contribution in [0.5, 0.6) is 5.75 Å². The number of anilines is 1. The Morgan fingerprint density at radius 3 is 2.49 bits per heavy atom. The second-order valence-corrected chi connectivity index (χ2v) is 9.11. The fraction of sp³-hybridized carbons (Fsp3) is 0.154. The summed E-state index contributed by atoms with van der Waals surface area (Å²) in [6, 6.07) is 11.7. The van der Waals surface area contributed by atoms with E-state index in [1.807, 2.05) is 0 Å². The fourth-order valence-corrected chi connectivity index (χ4v) is 4.25. The number of benzene rings is 2. The minimum absolute atomic E-state index is 0.0409. The molecule has 0 aliphatic rings. The lowest BCUT2D eigenvalue weighted by atomic mass is 10.1. The highest BCUT2D eigenvalue weighted by molar-refractivity contribution is 6.37. The summed E-state index contributed by atoms with van der Waals surface area (Å²) >= 11 is 6.31. The Balaban J connectivity index is 1.44. The molecule has 0 spiro atoms. The monoisotopic (exact) mass is 594 g/mol. The highest BCUT2D eigenvalue weighted by atomic mass is 35.5. The third-order valence-electron chi connectivity index (χ3n) is 5.89. The van der Waals surface area contributed by atoms with Crippen molar-refractivity contribution in [2.24, 2.45) is 0 Å². The van der Waals surface area contributed by atoms with Gasteiger partial charge in [-0.1, -0.05) is 35.9 Å². The molecule has 0 saturated heterocycles. The molecule has 1 N–H and O–H groups in total. The van der Waals surface area contributed by atoms with Gasteiger partial charge in [-0.15, -0.1) is 0 Å². The largest absolute Gasteiger partial charge is 0.497 e. The summed E-state index contributed by atoms with van der Waals surface area (Å²) in [5, 5.41) is 9.81. The molecule has 0 unspecified atom stereocenters. The topological polar surface area (TPSA) is 86.3 Å². The second-order valence-electron chi connectivity index (χ2n) is 8.73. The van der Waals surface area contributed by atoms with Gasteiger partial charge in [-0.05, 0) is 35.9 Å². The molecule has 0 radical (unpaired) electrons. The van der Waals surface area contributed by atoms with Crippen LogP contribution in [0.25, 0.3) is 16.9 Å². The van der Waals surface area contributed by atoms with Crippen LogP contribution >= 0.6 is 11.6 Å². The van der Waals surface area contributed by atoms with Crippen LogP contribution in [-0.4, -0.2) is 37.4 Å². The van der Waals surface area contributed by atoms with Crippen molar-refractivity contribution in [3.05, 3.63) is 94.5 Å². The second kappa shape index (κ2) is 10.4. The first-order valence-electron chi connectivity index (χ1n) is 11.6. The highest BCUT2D eigenvalue weighted by Gasteiger charge is 2.37. The molecule has 212 valence electrons. The van der Waals surface area contributed by atoms with E-state index in [1.54, 1.807) is 12.1 Å². The molecule has 3 aromatic heterocycles. The molecular formula is C26H17ClF6N6O2. The molecule has 5 aromatic rings. The number of aromatic nitrogens is 5. The van der Waals surface area contributed by atoms with Gasteiger partial charge in [0.25, 0.3) is 5.91 Å². The maximum Gasteiger partial charge on any atom is 0.433 e. The zero-order valence-electron chi connectivity index (χ0n) is 20.8.